The molecule has 0 aliphatic heterocycles. The van der Waals surface area contributed by atoms with Crippen LogP contribution in [0.15, 0.2) is 79.1 Å². The highest BCUT2D eigenvalue weighted by Crippen LogP contribution is 2.36. The quantitative estimate of drug-likeness (QED) is 0.260. The summed E-state index contributed by atoms with van der Waals surface area (Å²) in [6.07, 6.45) is 1.15. The summed E-state index contributed by atoms with van der Waals surface area (Å²) >= 11 is 0. The van der Waals surface area contributed by atoms with Gasteiger partial charge in [-0.15, -0.1) is 0 Å². The van der Waals surface area contributed by atoms with E-state index in [2.05, 4.69) is 0 Å². The third kappa shape index (κ3) is 4.41. The van der Waals surface area contributed by atoms with Crippen molar-refractivity contribution in [1.29, 1.82) is 0 Å². The Labute approximate surface area is 166 Å². The summed E-state index contributed by atoms with van der Waals surface area (Å²) in [5, 5.41) is 20.4. The third-order valence-electron chi connectivity index (χ3n) is 4.14. The Morgan fingerprint density at radius 2 is 1.59 bits per heavy atom. The minimum atomic E-state index is -1.15. The number of aliphatic carboxylic acids is 1. The van der Waals surface area contributed by atoms with Crippen LogP contribution in [0.4, 0.5) is 5.69 Å². The van der Waals surface area contributed by atoms with Crippen molar-refractivity contribution >= 4 is 17.2 Å². The monoisotopic (exact) mass is 391 g/mol. The predicted molar refractivity (Wildman–Crippen MR) is 108 cm³/mol. The predicted octanol–water partition coefficient (Wildman–Crippen LogP) is 5.13. The fourth-order valence-electron chi connectivity index (χ4n) is 2.80. The third-order valence-corrected chi connectivity index (χ3v) is 4.14. The molecule has 0 atom stereocenters. The Morgan fingerprint density at radius 1 is 0.966 bits per heavy atom. The number of carboxylic acids is 1. The van der Waals surface area contributed by atoms with Gasteiger partial charge in [-0.25, -0.2) is 4.79 Å². The minimum absolute atomic E-state index is 0.00621. The molecule has 0 bridgehead atoms. The maximum absolute atomic E-state index is 11.6. The second kappa shape index (κ2) is 8.71. The van der Waals surface area contributed by atoms with Crippen LogP contribution >= 0.6 is 0 Å². The molecule has 0 saturated heterocycles. The number of nitrogens with zero attached hydrogens (tertiary/aromatic N) is 1. The molecule has 3 rings (SSSR count). The highest BCUT2D eigenvalue weighted by atomic mass is 16.6. The number of methoxy groups -OCH3 is 1. The van der Waals surface area contributed by atoms with Gasteiger partial charge in [-0.1, -0.05) is 36.4 Å². The molecule has 0 spiro atoms. The Hall–Kier alpha value is -4.13. The first-order valence-electron chi connectivity index (χ1n) is 8.58. The zero-order valence-electron chi connectivity index (χ0n) is 15.4. The van der Waals surface area contributed by atoms with Gasteiger partial charge in [0.25, 0.3) is 5.69 Å². The summed E-state index contributed by atoms with van der Waals surface area (Å²) < 4.78 is 11.0. The number of ether oxygens (including phenoxy) is 2. The Morgan fingerprint density at radius 3 is 2.21 bits per heavy atom. The molecule has 0 heterocycles. The standard InChI is InChI=1S/C22H17NO6/c1-28-14-19(22(24)25)18-7-3-5-9-21(18)29-20-8-4-2-6-17(20)15-10-12-16(13-11-15)23(26)27/h2-14H,1H3,(H,24,25)/b19-14+. The van der Waals surface area contributed by atoms with Crippen molar-refractivity contribution in [1.82, 2.24) is 0 Å². The lowest BCUT2D eigenvalue weighted by molar-refractivity contribution is -0.384. The van der Waals surface area contributed by atoms with E-state index in [1.807, 2.05) is 12.1 Å². The molecule has 146 valence electrons. The van der Waals surface area contributed by atoms with Gasteiger partial charge >= 0.3 is 5.97 Å². The second-order valence-corrected chi connectivity index (χ2v) is 5.97. The Balaban J connectivity index is 2.02. The van der Waals surface area contributed by atoms with Crippen LogP contribution in [0.25, 0.3) is 16.7 Å². The lowest BCUT2D eigenvalue weighted by Crippen LogP contribution is -2.02. The van der Waals surface area contributed by atoms with Gasteiger partial charge in [-0.2, -0.15) is 0 Å². The van der Waals surface area contributed by atoms with E-state index in [1.165, 1.54) is 19.2 Å². The number of hydrogen-bond donors (Lipinski definition) is 1. The number of rotatable bonds is 7. The van der Waals surface area contributed by atoms with Gasteiger partial charge in [0.05, 0.1) is 18.3 Å². The number of nitro benzene ring substituents is 1. The molecule has 0 saturated carbocycles. The van der Waals surface area contributed by atoms with E-state index in [4.69, 9.17) is 9.47 Å². The number of carboxylic acid groups (broad SMARTS) is 1. The number of para-hydroxylation sites is 2. The first-order chi connectivity index (χ1) is 14.0. The zero-order valence-corrected chi connectivity index (χ0v) is 15.4. The van der Waals surface area contributed by atoms with Crippen molar-refractivity contribution < 1.29 is 24.3 Å². The number of hydrogen-bond acceptors (Lipinski definition) is 5. The maximum Gasteiger partial charge on any atom is 0.339 e. The van der Waals surface area contributed by atoms with Gasteiger partial charge in [0.15, 0.2) is 0 Å². The zero-order chi connectivity index (χ0) is 20.8. The molecule has 0 aliphatic rings. The first-order valence-corrected chi connectivity index (χ1v) is 8.58. The van der Waals surface area contributed by atoms with Gasteiger partial charge < -0.3 is 14.6 Å². The fraction of sp³-hybridized carbons (Fsp3) is 0.0455. The highest BCUT2D eigenvalue weighted by Gasteiger charge is 2.17. The van der Waals surface area contributed by atoms with Crippen molar-refractivity contribution in [2.75, 3.05) is 7.11 Å². The fourth-order valence-corrected chi connectivity index (χ4v) is 2.80. The molecule has 7 heteroatoms. The van der Waals surface area contributed by atoms with Crippen LogP contribution in [0.5, 0.6) is 11.5 Å². The molecule has 1 N–H and O–H groups in total. The van der Waals surface area contributed by atoms with E-state index in [0.29, 0.717) is 22.6 Å². The molecule has 3 aromatic rings. The van der Waals surface area contributed by atoms with Crippen molar-refractivity contribution in [2.45, 2.75) is 0 Å². The van der Waals surface area contributed by atoms with E-state index < -0.39 is 10.9 Å². The SMILES string of the molecule is CO/C=C(/C(=O)O)c1ccccc1Oc1ccccc1-c1ccc([N+](=O)[O-])cc1. The molecule has 3 aromatic carbocycles. The Kier molecular flexibility index (Phi) is 5.89. The van der Waals surface area contributed by atoms with E-state index in [-0.39, 0.29) is 11.3 Å². The summed E-state index contributed by atoms with van der Waals surface area (Å²) in [4.78, 5) is 22.0. The van der Waals surface area contributed by atoms with Crippen molar-refractivity contribution in [2.24, 2.45) is 0 Å². The molecule has 0 aliphatic carbocycles. The van der Waals surface area contributed by atoms with Crippen LogP contribution in [0.3, 0.4) is 0 Å². The number of carbonyl (C=O) groups is 1. The summed E-state index contributed by atoms with van der Waals surface area (Å²) in [5.41, 5.74) is 1.75. The summed E-state index contributed by atoms with van der Waals surface area (Å²) in [6, 6.07) is 20.0. The minimum Gasteiger partial charge on any atom is -0.503 e. The number of nitro groups is 1. The average molecular weight is 391 g/mol. The average Bonchev–Trinajstić information content (AvgIpc) is 2.73. The molecular formula is C22H17NO6. The number of non-ortho nitro benzene ring substituents is 1. The second-order valence-electron chi connectivity index (χ2n) is 5.97. The van der Waals surface area contributed by atoms with Crippen LogP contribution < -0.4 is 4.74 Å². The van der Waals surface area contributed by atoms with Crippen LogP contribution in [0, 0.1) is 10.1 Å². The molecule has 0 amide bonds. The van der Waals surface area contributed by atoms with E-state index in [9.17, 15) is 20.0 Å². The van der Waals surface area contributed by atoms with Crippen LogP contribution in [-0.4, -0.2) is 23.1 Å². The molecule has 0 aromatic heterocycles. The molecule has 0 unspecified atom stereocenters. The summed E-state index contributed by atoms with van der Waals surface area (Å²) in [7, 11) is 1.37. The van der Waals surface area contributed by atoms with Crippen molar-refractivity contribution in [3.05, 3.63) is 94.7 Å². The normalized spacial score (nSPS) is 11.0. The van der Waals surface area contributed by atoms with Gasteiger partial charge in [0.2, 0.25) is 0 Å². The molecule has 0 fully saturated rings. The van der Waals surface area contributed by atoms with Gasteiger partial charge in [0, 0.05) is 23.3 Å². The van der Waals surface area contributed by atoms with E-state index in [1.54, 1.807) is 48.5 Å². The van der Waals surface area contributed by atoms with Crippen molar-refractivity contribution in [3.63, 3.8) is 0 Å². The lowest BCUT2D eigenvalue weighted by atomic mass is 10.0. The smallest absolute Gasteiger partial charge is 0.339 e. The Bertz CT molecular complexity index is 1070. The lowest BCUT2D eigenvalue weighted by Gasteiger charge is -2.14. The first kappa shape index (κ1) is 19.6. The molecule has 7 nitrogen and oxygen atoms in total. The highest BCUT2D eigenvalue weighted by molar-refractivity contribution is 6.16. The molecule has 0 radical (unpaired) electrons. The summed E-state index contributed by atoms with van der Waals surface area (Å²) in [5.74, 6) is -0.324. The number of benzene rings is 3. The largest absolute Gasteiger partial charge is 0.503 e. The summed E-state index contributed by atoms with van der Waals surface area (Å²) in [6.45, 7) is 0. The van der Waals surface area contributed by atoms with Gasteiger partial charge in [0.1, 0.15) is 17.1 Å². The van der Waals surface area contributed by atoms with Gasteiger partial charge in [-0.05, 0) is 29.8 Å². The molecular weight excluding hydrogens is 374 g/mol. The van der Waals surface area contributed by atoms with Crippen LogP contribution in [-0.2, 0) is 9.53 Å². The molecule has 29 heavy (non-hydrogen) atoms. The van der Waals surface area contributed by atoms with Crippen molar-refractivity contribution in [3.8, 4) is 22.6 Å². The van der Waals surface area contributed by atoms with Crippen LogP contribution in [0.2, 0.25) is 0 Å². The van der Waals surface area contributed by atoms with E-state index in [0.717, 1.165) is 11.8 Å². The van der Waals surface area contributed by atoms with Crippen LogP contribution in [0.1, 0.15) is 5.56 Å². The van der Waals surface area contributed by atoms with Gasteiger partial charge in [-0.3, -0.25) is 10.1 Å². The topological polar surface area (TPSA) is 98.9 Å². The maximum atomic E-state index is 11.6. The van der Waals surface area contributed by atoms with E-state index >= 15 is 0 Å².